The van der Waals surface area contributed by atoms with E-state index < -0.39 is 0 Å². The van der Waals surface area contributed by atoms with Gasteiger partial charge in [-0.1, -0.05) is 46.8 Å². The minimum atomic E-state index is 0.587. The van der Waals surface area contributed by atoms with Crippen LogP contribution in [-0.2, 0) is 0 Å². The molecule has 1 nitrogen and oxygen atoms in total. The van der Waals surface area contributed by atoms with Crippen LogP contribution in [0.1, 0.15) is 41.0 Å². The van der Waals surface area contributed by atoms with E-state index in [2.05, 4.69) is 26.8 Å². The highest BCUT2D eigenvalue weighted by atomic mass is 14.5. The minimum absolute atomic E-state index is 0.587. The van der Waals surface area contributed by atoms with E-state index in [1.165, 1.54) is 0 Å². The summed E-state index contributed by atoms with van der Waals surface area (Å²) in [6, 6.07) is 0. The molecule has 0 saturated carbocycles. The Morgan fingerprint density at radius 3 is 2.17 bits per heavy atom. The summed E-state index contributed by atoms with van der Waals surface area (Å²) < 4.78 is 0. The van der Waals surface area contributed by atoms with Crippen molar-refractivity contribution in [2.24, 2.45) is 11.7 Å². The van der Waals surface area contributed by atoms with Gasteiger partial charge in [-0.3, -0.25) is 0 Å². The van der Waals surface area contributed by atoms with Crippen LogP contribution >= 0.6 is 0 Å². The van der Waals surface area contributed by atoms with E-state index in [0.717, 1.165) is 12.1 Å². The molecule has 0 spiro atoms. The highest BCUT2D eigenvalue weighted by molar-refractivity contribution is 5.14. The van der Waals surface area contributed by atoms with E-state index >= 15 is 0 Å². The first kappa shape index (κ1) is 13.8. The predicted octanol–water partition coefficient (Wildman–Crippen LogP) is 3.48. The standard InChI is InChI=1S/C9H17N.C2H6/c1-4-5-9(10)7-6-8(2)3;1-2/h5-8H,4,10H2,1-3H3;1-2H3/b7-6-,9-5+;. The lowest BCUT2D eigenvalue weighted by Gasteiger charge is -1.93. The van der Waals surface area contributed by atoms with Gasteiger partial charge in [-0.2, -0.15) is 0 Å². The van der Waals surface area contributed by atoms with Gasteiger partial charge in [0.15, 0.2) is 0 Å². The van der Waals surface area contributed by atoms with Crippen molar-refractivity contribution in [3.8, 4) is 0 Å². The van der Waals surface area contributed by atoms with Crippen molar-refractivity contribution in [3.63, 3.8) is 0 Å². The lowest BCUT2D eigenvalue weighted by atomic mass is 10.2. The molecule has 0 rings (SSSR count). The summed E-state index contributed by atoms with van der Waals surface area (Å²) in [7, 11) is 0. The van der Waals surface area contributed by atoms with Crippen LogP contribution in [-0.4, -0.2) is 0 Å². The van der Waals surface area contributed by atoms with Crippen molar-refractivity contribution in [2.75, 3.05) is 0 Å². The zero-order valence-electron chi connectivity index (χ0n) is 9.09. The van der Waals surface area contributed by atoms with E-state index in [9.17, 15) is 0 Å². The Bertz CT molecular complexity index is 132. The zero-order chi connectivity index (χ0) is 9.98. The van der Waals surface area contributed by atoms with Crippen LogP contribution in [0.25, 0.3) is 0 Å². The summed E-state index contributed by atoms with van der Waals surface area (Å²) >= 11 is 0. The molecule has 2 N–H and O–H groups in total. The molecule has 0 fully saturated rings. The molecule has 0 aliphatic heterocycles. The molecule has 0 atom stereocenters. The van der Waals surface area contributed by atoms with Crippen molar-refractivity contribution in [1.29, 1.82) is 0 Å². The van der Waals surface area contributed by atoms with Gasteiger partial charge in [0.2, 0.25) is 0 Å². The first-order valence-corrected chi connectivity index (χ1v) is 4.80. The van der Waals surface area contributed by atoms with Crippen molar-refractivity contribution < 1.29 is 0 Å². The van der Waals surface area contributed by atoms with E-state index in [-0.39, 0.29) is 0 Å². The van der Waals surface area contributed by atoms with Gasteiger partial charge in [-0.15, -0.1) is 0 Å². The molecule has 12 heavy (non-hydrogen) atoms. The first-order valence-electron chi connectivity index (χ1n) is 4.80. The molecule has 0 radical (unpaired) electrons. The average Bonchev–Trinajstić information content (AvgIpc) is 2.05. The molecule has 0 aromatic carbocycles. The number of hydrogen-bond acceptors (Lipinski definition) is 1. The molecule has 0 aliphatic rings. The first-order chi connectivity index (χ1) is 5.66. The molecule has 0 aliphatic carbocycles. The molecule has 1 heteroatoms. The van der Waals surface area contributed by atoms with Crippen molar-refractivity contribution >= 4 is 0 Å². The third-order valence-corrected chi connectivity index (χ3v) is 1.11. The average molecular weight is 169 g/mol. The maximum absolute atomic E-state index is 5.61. The smallest absolute Gasteiger partial charge is 0.0270 e. The fraction of sp³-hybridized carbons (Fsp3) is 0.636. The fourth-order valence-corrected chi connectivity index (χ4v) is 0.607. The summed E-state index contributed by atoms with van der Waals surface area (Å²) in [6.45, 7) is 10.3. The van der Waals surface area contributed by atoms with Crippen molar-refractivity contribution in [3.05, 3.63) is 23.9 Å². The number of rotatable bonds is 3. The zero-order valence-corrected chi connectivity index (χ0v) is 9.09. The van der Waals surface area contributed by atoms with Gasteiger partial charge < -0.3 is 5.73 Å². The predicted molar refractivity (Wildman–Crippen MR) is 57.9 cm³/mol. The summed E-state index contributed by atoms with van der Waals surface area (Å²) in [6.07, 6.45) is 7.09. The van der Waals surface area contributed by atoms with Gasteiger partial charge in [0.05, 0.1) is 0 Å². The Balaban J connectivity index is 0. The van der Waals surface area contributed by atoms with Gasteiger partial charge in [-0.05, 0) is 18.4 Å². The maximum atomic E-state index is 5.61. The van der Waals surface area contributed by atoms with E-state index in [4.69, 9.17) is 5.73 Å². The third-order valence-electron chi connectivity index (χ3n) is 1.11. The Morgan fingerprint density at radius 2 is 1.83 bits per heavy atom. The Kier molecular flexibility index (Phi) is 11.9. The highest BCUT2D eigenvalue weighted by Crippen LogP contribution is 1.97. The van der Waals surface area contributed by atoms with Crippen LogP contribution in [0.5, 0.6) is 0 Å². The maximum Gasteiger partial charge on any atom is 0.0270 e. The van der Waals surface area contributed by atoms with Gasteiger partial charge in [0.25, 0.3) is 0 Å². The lowest BCUT2D eigenvalue weighted by molar-refractivity contribution is 0.830. The normalized spacial score (nSPS) is 11.7. The van der Waals surface area contributed by atoms with Gasteiger partial charge in [-0.25, -0.2) is 0 Å². The molecule has 0 aromatic rings. The van der Waals surface area contributed by atoms with Crippen LogP contribution in [0.15, 0.2) is 23.9 Å². The second kappa shape index (κ2) is 10.3. The molecule has 0 unspecified atom stereocenters. The van der Waals surface area contributed by atoms with Crippen LogP contribution in [0, 0.1) is 5.92 Å². The highest BCUT2D eigenvalue weighted by Gasteiger charge is 1.83. The largest absolute Gasteiger partial charge is 0.399 e. The quantitative estimate of drug-likeness (QED) is 0.643. The van der Waals surface area contributed by atoms with Crippen LogP contribution in [0.2, 0.25) is 0 Å². The monoisotopic (exact) mass is 169 g/mol. The van der Waals surface area contributed by atoms with Gasteiger partial charge >= 0.3 is 0 Å². The molecule has 0 bridgehead atoms. The fourth-order valence-electron chi connectivity index (χ4n) is 0.607. The van der Waals surface area contributed by atoms with Crippen molar-refractivity contribution in [2.45, 2.75) is 41.0 Å². The van der Waals surface area contributed by atoms with Gasteiger partial charge in [0.1, 0.15) is 0 Å². The molecular formula is C11H23N. The topological polar surface area (TPSA) is 26.0 Å². The Labute approximate surface area is 77.4 Å². The molecule has 0 saturated heterocycles. The van der Waals surface area contributed by atoms with Crippen molar-refractivity contribution in [1.82, 2.24) is 0 Å². The van der Waals surface area contributed by atoms with E-state index in [1.54, 1.807) is 0 Å². The number of allylic oxidation sites excluding steroid dienone is 3. The summed E-state index contributed by atoms with van der Waals surface area (Å²) in [5, 5.41) is 0. The molecule has 0 aromatic heterocycles. The Hall–Kier alpha value is -0.720. The summed E-state index contributed by atoms with van der Waals surface area (Å²) in [4.78, 5) is 0. The summed E-state index contributed by atoms with van der Waals surface area (Å²) in [5.41, 5.74) is 6.48. The van der Waals surface area contributed by atoms with Crippen LogP contribution in [0.4, 0.5) is 0 Å². The van der Waals surface area contributed by atoms with Crippen LogP contribution in [0.3, 0.4) is 0 Å². The SMILES string of the molecule is CC.CC/C=C(N)\C=C/C(C)C. The van der Waals surface area contributed by atoms with Crippen LogP contribution < -0.4 is 5.73 Å². The van der Waals surface area contributed by atoms with E-state index in [1.807, 2.05) is 26.0 Å². The molecule has 0 heterocycles. The molecule has 0 amide bonds. The second-order valence-corrected chi connectivity index (χ2v) is 2.72. The number of nitrogens with two attached hydrogens (primary N) is 1. The molecule has 72 valence electrons. The Morgan fingerprint density at radius 1 is 1.33 bits per heavy atom. The lowest BCUT2D eigenvalue weighted by Crippen LogP contribution is -1.92. The van der Waals surface area contributed by atoms with Gasteiger partial charge in [0, 0.05) is 5.70 Å². The third kappa shape index (κ3) is 12.0. The number of hydrogen-bond donors (Lipinski definition) is 1. The van der Waals surface area contributed by atoms with E-state index in [0.29, 0.717) is 5.92 Å². The second-order valence-electron chi connectivity index (χ2n) is 2.72. The minimum Gasteiger partial charge on any atom is -0.399 e. The molecular weight excluding hydrogens is 146 g/mol. The summed E-state index contributed by atoms with van der Waals surface area (Å²) in [5.74, 6) is 0.587.